The van der Waals surface area contributed by atoms with Crippen molar-refractivity contribution in [3.05, 3.63) is 60.2 Å². The van der Waals surface area contributed by atoms with E-state index >= 15 is 0 Å². The maximum Gasteiger partial charge on any atom is 0.0466 e. The van der Waals surface area contributed by atoms with Crippen LogP contribution in [0.5, 0.6) is 0 Å². The van der Waals surface area contributed by atoms with Gasteiger partial charge < -0.3 is 15.2 Å². The van der Waals surface area contributed by atoms with E-state index in [2.05, 4.69) is 60.0 Å². The highest BCUT2D eigenvalue weighted by Crippen LogP contribution is 2.21. The molecule has 0 heterocycles. The van der Waals surface area contributed by atoms with Gasteiger partial charge in [0.25, 0.3) is 0 Å². The third-order valence-electron chi connectivity index (χ3n) is 5.24. The minimum Gasteiger partial charge on any atom is -0.396 e. The molecule has 0 saturated heterocycles. The van der Waals surface area contributed by atoms with E-state index in [1.54, 1.807) is 0 Å². The van der Waals surface area contributed by atoms with Crippen LogP contribution in [-0.2, 0) is 11.2 Å². The number of hydrogen-bond acceptors (Lipinski definition) is 3. The van der Waals surface area contributed by atoms with Crippen LogP contribution in [0.1, 0.15) is 56.9 Å². The Balaban J connectivity index is 1.38. The summed E-state index contributed by atoms with van der Waals surface area (Å²) >= 11 is 0. The van der Waals surface area contributed by atoms with Gasteiger partial charge in [-0.05, 0) is 57.1 Å². The highest BCUT2D eigenvalue weighted by Gasteiger charge is 2.25. The fourth-order valence-electron chi connectivity index (χ4n) is 3.57. The first kappa shape index (κ1) is 21.9. The van der Waals surface area contributed by atoms with Crippen molar-refractivity contribution in [1.29, 1.82) is 0 Å². The number of rotatable bonds is 15. The van der Waals surface area contributed by atoms with Crippen molar-refractivity contribution in [1.82, 2.24) is 5.32 Å². The molecule has 3 nitrogen and oxygen atoms in total. The summed E-state index contributed by atoms with van der Waals surface area (Å²) in [4.78, 5) is 0. The molecule has 2 N–H and O–H groups in total. The number of allylic oxidation sites excluding steroid dienone is 2. The number of ether oxygens (including phenoxy) is 1. The summed E-state index contributed by atoms with van der Waals surface area (Å²) in [6, 6.07) is 10.7. The van der Waals surface area contributed by atoms with Gasteiger partial charge in [0.2, 0.25) is 0 Å². The summed E-state index contributed by atoms with van der Waals surface area (Å²) in [5.41, 5.74) is 1.39. The van der Waals surface area contributed by atoms with Gasteiger partial charge >= 0.3 is 0 Å². The number of hydrogen-bond donors (Lipinski definition) is 2. The number of aliphatic hydroxyl groups is 1. The quantitative estimate of drug-likeness (QED) is 0.435. The number of unbranched alkanes of at least 4 members (excludes halogenated alkanes) is 4. The molecule has 0 spiro atoms. The van der Waals surface area contributed by atoms with E-state index in [4.69, 9.17) is 4.74 Å². The lowest BCUT2D eigenvalue weighted by Gasteiger charge is -2.32. The minimum atomic E-state index is -0.0354. The van der Waals surface area contributed by atoms with Gasteiger partial charge in [-0.25, -0.2) is 0 Å². The maximum atomic E-state index is 9.31. The molecule has 0 radical (unpaired) electrons. The summed E-state index contributed by atoms with van der Waals surface area (Å²) in [5, 5.41) is 13.0. The highest BCUT2D eigenvalue weighted by molar-refractivity contribution is 5.21. The van der Waals surface area contributed by atoms with Crippen LogP contribution in [0.15, 0.2) is 54.6 Å². The lowest BCUT2D eigenvalue weighted by atomic mass is 9.88. The average Bonchev–Trinajstić information content (AvgIpc) is 2.70. The van der Waals surface area contributed by atoms with Gasteiger partial charge in [-0.2, -0.15) is 0 Å². The van der Waals surface area contributed by atoms with Crippen molar-refractivity contribution in [2.45, 2.75) is 63.3 Å². The van der Waals surface area contributed by atoms with E-state index < -0.39 is 0 Å². The van der Waals surface area contributed by atoms with E-state index in [1.165, 1.54) is 31.2 Å². The van der Waals surface area contributed by atoms with Crippen LogP contribution >= 0.6 is 0 Å². The Morgan fingerprint density at radius 2 is 1.70 bits per heavy atom. The smallest absolute Gasteiger partial charge is 0.0466 e. The predicted octanol–water partition coefficient (Wildman–Crippen LogP) is 4.81. The van der Waals surface area contributed by atoms with Gasteiger partial charge in [0.15, 0.2) is 0 Å². The van der Waals surface area contributed by atoms with E-state index in [0.29, 0.717) is 0 Å². The molecule has 0 amide bonds. The number of benzene rings is 1. The first-order valence-corrected chi connectivity index (χ1v) is 10.7. The van der Waals surface area contributed by atoms with Gasteiger partial charge in [0.1, 0.15) is 0 Å². The predicted molar refractivity (Wildman–Crippen MR) is 114 cm³/mol. The molecule has 0 saturated carbocycles. The van der Waals surface area contributed by atoms with Crippen molar-refractivity contribution in [3.8, 4) is 0 Å². The Bertz CT molecular complexity index is 541. The molecule has 1 aromatic rings. The van der Waals surface area contributed by atoms with Crippen molar-refractivity contribution in [2.24, 2.45) is 0 Å². The van der Waals surface area contributed by atoms with Gasteiger partial charge in [0, 0.05) is 25.4 Å². The Kier molecular flexibility index (Phi) is 11.1. The summed E-state index contributed by atoms with van der Waals surface area (Å²) in [6.45, 7) is 3.02. The monoisotopic (exact) mass is 371 g/mol. The fourth-order valence-corrected chi connectivity index (χ4v) is 3.57. The molecule has 0 fully saturated rings. The van der Waals surface area contributed by atoms with E-state index in [1.807, 2.05) is 0 Å². The first-order valence-electron chi connectivity index (χ1n) is 10.7. The van der Waals surface area contributed by atoms with Gasteiger partial charge in [0.05, 0.1) is 0 Å². The third kappa shape index (κ3) is 9.37. The summed E-state index contributed by atoms with van der Waals surface area (Å²) in [7, 11) is 0. The van der Waals surface area contributed by atoms with Crippen molar-refractivity contribution >= 4 is 0 Å². The first-order chi connectivity index (χ1) is 13.3. The molecule has 2 rings (SSSR count). The van der Waals surface area contributed by atoms with Crippen LogP contribution in [-0.4, -0.2) is 37.0 Å². The van der Waals surface area contributed by atoms with Gasteiger partial charge in [-0.1, -0.05) is 67.5 Å². The standard InChI is InChI=1S/C24H37NO2/c26-20-18-24(16-8-4-9-17-24)25-19-10-1-2-11-21-27-22-12-7-15-23-13-5-3-6-14-23/h3-6,8-9,13-14,16,25-26H,1-2,7,10-12,15,17-22H2/t24-/m0/s1. The Morgan fingerprint density at radius 3 is 2.44 bits per heavy atom. The summed E-state index contributed by atoms with van der Waals surface area (Å²) in [5.74, 6) is 0. The number of aryl methyl sites for hydroxylation is 1. The van der Waals surface area contributed by atoms with Crippen molar-refractivity contribution < 1.29 is 9.84 Å². The Morgan fingerprint density at radius 1 is 0.926 bits per heavy atom. The molecule has 0 bridgehead atoms. The van der Waals surface area contributed by atoms with Crippen LogP contribution in [0.4, 0.5) is 0 Å². The van der Waals surface area contributed by atoms with E-state index in [9.17, 15) is 5.11 Å². The SMILES string of the molecule is OCC[C@]1(NCCCCCCOCCCCc2ccccc2)C=CC=CC1. The zero-order valence-electron chi connectivity index (χ0n) is 16.7. The Hall–Kier alpha value is -1.42. The van der Waals surface area contributed by atoms with Crippen molar-refractivity contribution in [2.75, 3.05) is 26.4 Å². The topological polar surface area (TPSA) is 41.5 Å². The Labute approximate surface area is 165 Å². The molecule has 1 atom stereocenters. The number of nitrogens with one attached hydrogen (secondary N) is 1. The zero-order chi connectivity index (χ0) is 19.0. The third-order valence-corrected chi connectivity index (χ3v) is 5.24. The summed E-state index contributed by atoms with van der Waals surface area (Å²) in [6.07, 6.45) is 18.6. The lowest BCUT2D eigenvalue weighted by Crippen LogP contribution is -2.45. The fraction of sp³-hybridized carbons (Fsp3) is 0.583. The van der Waals surface area contributed by atoms with Crippen LogP contribution in [0, 0.1) is 0 Å². The highest BCUT2D eigenvalue weighted by atomic mass is 16.5. The maximum absolute atomic E-state index is 9.31. The average molecular weight is 372 g/mol. The molecular weight excluding hydrogens is 334 g/mol. The van der Waals surface area contributed by atoms with Crippen molar-refractivity contribution in [3.63, 3.8) is 0 Å². The molecule has 0 aliphatic heterocycles. The second kappa shape index (κ2) is 13.7. The van der Waals surface area contributed by atoms with Crippen LogP contribution in [0.3, 0.4) is 0 Å². The normalized spacial score (nSPS) is 18.9. The minimum absolute atomic E-state index is 0.0354. The zero-order valence-corrected chi connectivity index (χ0v) is 16.7. The molecule has 27 heavy (non-hydrogen) atoms. The molecule has 0 unspecified atom stereocenters. The molecule has 0 aromatic heterocycles. The van der Waals surface area contributed by atoms with Crippen LogP contribution in [0.2, 0.25) is 0 Å². The van der Waals surface area contributed by atoms with Gasteiger partial charge in [-0.15, -0.1) is 0 Å². The molecule has 1 aliphatic carbocycles. The molecular formula is C24H37NO2. The lowest BCUT2D eigenvalue weighted by molar-refractivity contribution is 0.126. The van der Waals surface area contributed by atoms with Gasteiger partial charge in [-0.3, -0.25) is 0 Å². The van der Waals surface area contributed by atoms with E-state index in [-0.39, 0.29) is 12.1 Å². The second-order valence-corrected chi connectivity index (χ2v) is 7.52. The molecule has 150 valence electrons. The van der Waals surface area contributed by atoms with E-state index in [0.717, 1.165) is 51.9 Å². The number of aliphatic hydroxyl groups excluding tert-OH is 1. The molecule has 3 heteroatoms. The van der Waals surface area contributed by atoms with Crippen LogP contribution in [0.25, 0.3) is 0 Å². The van der Waals surface area contributed by atoms with Crippen LogP contribution < -0.4 is 5.32 Å². The molecule has 1 aromatic carbocycles. The second-order valence-electron chi connectivity index (χ2n) is 7.52. The summed E-state index contributed by atoms with van der Waals surface area (Å²) < 4.78 is 5.76. The molecule has 1 aliphatic rings. The largest absolute Gasteiger partial charge is 0.396 e.